The maximum Gasteiger partial charge on any atom is 0.0836 e. The van der Waals surface area contributed by atoms with Gasteiger partial charge in [0.2, 0.25) is 0 Å². The van der Waals surface area contributed by atoms with Crippen molar-refractivity contribution in [3.63, 3.8) is 0 Å². The van der Waals surface area contributed by atoms with Crippen molar-refractivity contribution in [2.75, 3.05) is 13.2 Å². The Morgan fingerprint density at radius 1 is 0.750 bits per heavy atom. The minimum absolute atomic E-state index is 0.326. The molecule has 1 aliphatic rings. The maximum absolute atomic E-state index is 6.04. The van der Waals surface area contributed by atoms with Gasteiger partial charge in [0.25, 0.3) is 0 Å². The van der Waals surface area contributed by atoms with Crippen LogP contribution in [0.2, 0.25) is 0 Å². The molecular weight excluding hydrogens is 248 g/mol. The predicted molar refractivity (Wildman–Crippen MR) is 86.0 cm³/mol. The molecule has 0 aromatic carbocycles. The summed E-state index contributed by atoms with van der Waals surface area (Å²) in [7, 11) is 0. The van der Waals surface area contributed by atoms with Crippen LogP contribution in [0.3, 0.4) is 0 Å². The van der Waals surface area contributed by atoms with Gasteiger partial charge >= 0.3 is 0 Å². The molecule has 0 bridgehead atoms. The number of rotatable bonds is 12. The lowest BCUT2D eigenvalue weighted by Crippen LogP contribution is -2.35. The first kappa shape index (κ1) is 17.5. The highest BCUT2D eigenvalue weighted by Gasteiger charge is 2.26. The van der Waals surface area contributed by atoms with E-state index >= 15 is 0 Å². The smallest absolute Gasteiger partial charge is 0.0836 e. The Balaban J connectivity index is 2.13. The highest BCUT2D eigenvalue weighted by atomic mass is 16.5. The quantitative estimate of drug-likeness (QED) is 0.368. The average molecular weight is 280 g/mol. The lowest BCUT2D eigenvalue weighted by Gasteiger charge is -2.31. The lowest BCUT2D eigenvalue weighted by molar-refractivity contribution is -0.0932. The topological polar surface area (TPSA) is 18.5 Å². The monoisotopic (exact) mass is 280 g/mol. The summed E-state index contributed by atoms with van der Waals surface area (Å²) in [5, 5.41) is 0. The van der Waals surface area contributed by atoms with Crippen LogP contribution in [0.5, 0.6) is 0 Å². The van der Waals surface area contributed by atoms with E-state index in [0.29, 0.717) is 12.2 Å². The lowest BCUT2D eigenvalue weighted by atomic mass is 9.94. The van der Waals surface area contributed by atoms with Crippen molar-refractivity contribution >= 4 is 0 Å². The van der Waals surface area contributed by atoms with E-state index in [1.54, 1.807) is 0 Å². The number of unbranched alkanes of at least 4 members (excludes halogenated alkanes) is 4. The first-order chi connectivity index (χ1) is 9.88. The maximum atomic E-state index is 6.04. The normalized spacial score (nSPS) is 22.6. The molecule has 116 valence electrons. The van der Waals surface area contributed by atoms with E-state index in [4.69, 9.17) is 9.47 Å². The van der Waals surface area contributed by atoms with E-state index in [9.17, 15) is 0 Å². The molecule has 0 amide bonds. The molecule has 1 saturated carbocycles. The summed E-state index contributed by atoms with van der Waals surface area (Å²) in [5.74, 6) is 0. The summed E-state index contributed by atoms with van der Waals surface area (Å²) in [6.45, 7) is 9.24. The number of hydrogen-bond donors (Lipinski definition) is 0. The minimum atomic E-state index is 0.326. The summed E-state index contributed by atoms with van der Waals surface area (Å²) < 4.78 is 12.1. The van der Waals surface area contributed by atoms with Crippen molar-refractivity contribution < 1.29 is 9.47 Å². The minimum Gasteiger partial charge on any atom is -0.376 e. The van der Waals surface area contributed by atoms with Crippen LogP contribution in [0.4, 0.5) is 0 Å². The Labute approximate surface area is 125 Å². The molecule has 0 saturated heterocycles. The van der Waals surface area contributed by atoms with Crippen molar-refractivity contribution in [3.8, 4) is 0 Å². The third kappa shape index (κ3) is 7.86. The molecule has 0 aliphatic heterocycles. The molecule has 2 atom stereocenters. The van der Waals surface area contributed by atoms with Gasteiger partial charge in [0, 0.05) is 13.2 Å². The van der Waals surface area contributed by atoms with Crippen LogP contribution < -0.4 is 0 Å². The van der Waals surface area contributed by atoms with Gasteiger partial charge < -0.3 is 9.47 Å². The summed E-state index contributed by atoms with van der Waals surface area (Å²) in [6, 6.07) is 0. The van der Waals surface area contributed by atoms with Crippen LogP contribution in [-0.4, -0.2) is 25.4 Å². The highest BCUT2D eigenvalue weighted by Crippen LogP contribution is 2.24. The van der Waals surface area contributed by atoms with Crippen LogP contribution in [0.25, 0.3) is 0 Å². The Kier molecular flexibility index (Phi) is 10.6. The molecule has 0 spiro atoms. The van der Waals surface area contributed by atoms with Crippen molar-refractivity contribution in [2.24, 2.45) is 0 Å². The fourth-order valence-corrected chi connectivity index (χ4v) is 2.70. The molecule has 0 radical (unpaired) electrons. The van der Waals surface area contributed by atoms with Gasteiger partial charge in [0.1, 0.15) is 0 Å². The molecule has 1 rings (SSSR count). The first-order valence-corrected chi connectivity index (χ1v) is 8.33. The van der Waals surface area contributed by atoms with Crippen LogP contribution >= 0.6 is 0 Å². The molecule has 0 aromatic heterocycles. The van der Waals surface area contributed by atoms with Gasteiger partial charge in [0.05, 0.1) is 12.2 Å². The Hall–Kier alpha value is -0.600. The Morgan fingerprint density at radius 3 is 1.60 bits per heavy atom. The standard InChI is InChI=1S/C18H32O2/c1-3-5-7-11-15-19-17-13-9-10-14-18(17)20-16-12-8-6-4-2/h3-4,17-18H,1-2,5-16H2. The molecule has 2 unspecified atom stereocenters. The third-order valence-electron chi connectivity index (χ3n) is 3.91. The fourth-order valence-electron chi connectivity index (χ4n) is 2.70. The van der Waals surface area contributed by atoms with Gasteiger partial charge in [0.15, 0.2) is 0 Å². The Morgan fingerprint density at radius 2 is 1.20 bits per heavy atom. The summed E-state index contributed by atoms with van der Waals surface area (Å²) in [6.07, 6.45) is 16.3. The molecule has 0 aromatic rings. The van der Waals surface area contributed by atoms with E-state index < -0.39 is 0 Å². The van der Waals surface area contributed by atoms with Gasteiger partial charge in [-0.25, -0.2) is 0 Å². The van der Waals surface area contributed by atoms with E-state index in [2.05, 4.69) is 13.2 Å². The van der Waals surface area contributed by atoms with Crippen molar-refractivity contribution in [1.82, 2.24) is 0 Å². The van der Waals surface area contributed by atoms with Gasteiger partial charge in [-0.1, -0.05) is 25.0 Å². The molecule has 0 N–H and O–H groups in total. The number of hydrogen-bond acceptors (Lipinski definition) is 2. The largest absolute Gasteiger partial charge is 0.376 e. The molecular formula is C18H32O2. The molecule has 0 heterocycles. The second-order valence-electron chi connectivity index (χ2n) is 5.67. The zero-order chi connectivity index (χ0) is 14.5. The first-order valence-electron chi connectivity index (χ1n) is 8.33. The molecule has 1 aliphatic carbocycles. The van der Waals surface area contributed by atoms with Crippen LogP contribution in [0.1, 0.15) is 64.2 Å². The fraction of sp³-hybridized carbons (Fsp3) is 0.778. The van der Waals surface area contributed by atoms with Crippen molar-refractivity contribution in [3.05, 3.63) is 25.3 Å². The molecule has 20 heavy (non-hydrogen) atoms. The molecule has 2 heteroatoms. The van der Waals surface area contributed by atoms with E-state index in [1.807, 2.05) is 12.2 Å². The number of allylic oxidation sites excluding steroid dienone is 2. The third-order valence-corrected chi connectivity index (χ3v) is 3.91. The van der Waals surface area contributed by atoms with Gasteiger partial charge in [-0.05, 0) is 51.4 Å². The van der Waals surface area contributed by atoms with E-state index in [0.717, 1.165) is 38.9 Å². The summed E-state index contributed by atoms with van der Waals surface area (Å²) in [4.78, 5) is 0. The second-order valence-corrected chi connectivity index (χ2v) is 5.67. The van der Waals surface area contributed by atoms with Gasteiger partial charge in [-0.3, -0.25) is 0 Å². The zero-order valence-corrected chi connectivity index (χ0v) is 13.0. The number of ether oxygens (including phenoxy) is 2. The predicted octanol–water partition coefficient (Wildman–Crippen LogP) is 5.04. The second kappa shape index (κ2) is 12.2. The van der Waals surface area contributed by atoms with Crippen LogP contribution in [0, 0.1) is 0 Å². The van der Waals surface area contributed by atoms with Gasteiger partial charge in [-0.15, -0.1) is 13.2 Å². The Bertz CT molecular complexity index is 224. The van der Waals surface area contributed by atoms with Gasteiger partial charge in [-0.2, -0.15) is 0 Å². The van der Waals surface area contributed by atoms with Crippen LogP contribution in [0.15, 0.2) is 25.3 Å². The molecule has 2 nitrogen and oxygen atoms in total. The highest BCUT2D eigenvalue weighted by molar-refractivity contribution is 4.77. The average Bonchev–Trinajstić information content (AvgIpc) is 2.48. The van der Waals surface area contributed by atoms with E-state index in [-0.39, 0.29) is 0 Å². The van der Waals surface area contributed by atoms with Crippen LogP contribution in [-0.2, 0) is 9.47 Å². The summed E-state index contributed by atoms with van der Waals surface area (Å²) >= 11 is 0. The van der Waals surface area contributed by atoms with E-state index in [1.165, 1.54) is 38.5 Å². The zero-order valence-electron chi connectivity index (χ0n) is 13.0. The van der Waals surface area contributed by atoms with Crippen molar-refractivity contribution in [2.45, 2.75) is 76.4 Å². The molecule has 1 fully saturated rings. The summed E-state index contributed by atoms with van der Waals surface area (Å²) in [5.41, 5.74) is 0. The van der Waals surface area contributed by atoms with Crippen molar-refractivity contribution in [1.29, 1.82) is 0 Å². The SMILES string of the molecule is C=CCCCCOC1CCCCC1OCCCCC=C.